The van der Waals surface area contributed by atoms with E-state index in [4.69, 9.17) is 4.74 Å². The molecule has 0 aliphatic heterocycles. The molecule has 88 valence electrons. The molecular formula is C12H12FN3O. The summed E-state index contributed by atoms with van der Waals surface area (Å²) in [5.41, 5.74) is 0.971. The van der Waals surface area contributed by atoms with Gasteiger partial charge in [0.1, 0.15) is 11.6 Å². The fraction of sp³-hybridized carbons (Fsp3) is 0.167. The van der Waals surface area contributed by atoms with Crippen molar-refractivity contribution in [2.45, 2.75) is 6.54 Å². The van der Waals surface area contributed by atoms with Crippen molar-refractivity contribution < 1.29 is 9.13 Å². The van der Waals surface area contributed by atoms with E-state index in [0.29, 0.717) is 12.3 Å². The molecule has 0 amide bonds. The van der Waals surface area contributed by atoms with Crippen LogP contribution in [0.1, 0.15) is 5.56 Å². The SMILES string of the molecule is CNCc1cnc(Oc2ccc(F)cc2)nc1. The Morgan fingerprint density at radius 3 is 2.41 bits per heavy atom. The van der Waals surface area contributed by atoms with Gasteiger partial charge in [-0.05, 0) is 31.3 Å². The highest BCUT2D eigenvalue weighted by Gasteiger charge is 2.00. The van der Waals surface area contributed by atoms with Gasteiger partial charge in [-0.15, -0.1) is 0 Å². The average molecular weight is 233 g/mol. The molecule has 0 saturated heterocycles. The Balaban J connectivity index is 2.05. The van der Waals surface area contributed by atoms with Gasteiger partial charge in [-0.25, -0.2) is 14.4 Å². The Hall–Kier alpha value is -2.01. The summed E-state index contributed by atoms with van der Waals surface area (Å²) in [5, 5.41) is 3.00. The largest absolute Gasteiger partial charge is 0.424 e. The molecule has 2 aromatic rings. The Bertz CT molecular complexity index is 470. The molecule has 0 saturated carbocycles. The predicted molar refractivity (Wildman–Crippen MR) is 61.3 cm³/mol. The molecule has 0 bridgehead atoms. The van der Waals surface area contributed by atoms with Crippen LogP contribution >= 0.6 is 0 Å². The fourth-order valence-electron chi connectivity index (χ4n) is 1.30. The number of hydrogen-bond acceptors (Lipinski definition) is 4. The first-order valence-corrected chi connectivity index (χ1v) is 5.17. The molecule has 0 radical (unpaired) electrons. The van der Waals surface area contributed by atoms with Gasteiger partial charge in [-0.2, -0.15) is 0 Å². The highest BCUT2D eigenvalue weighted by molar-refractivity contribution is 5.25. The molecule has 0 fully saturated rings. The van der Waals surface area contributed by atoms with E-state index in [1.807, 2.05) is 7.05 Å². The minimum Gasteiger partial charge on any atom is -0.424 e. The van der Waals surface area contributed by atoms with Crippen molar-refractivity contribution in [2.24, 2.45) is 0 Å². The lowest BCUT2D eigenvalue weighted by Crippen LogP contribution is -2.06. The molecule has 1 aromatic heterocycles. The fourth-order valence-corrected chi connectivity index (χ4v) is 1.30. The summed E-state index contributed by atoms with van der Waals surface area (Å²) in [5.74, 6) is 0.204. The summed E-state index contributed by atoms with van der Waals surface area (Å²) in [6.45, 7) is 0.705. The van der Waals surface area contributed by atoms with Gasteiger partial charge in [-0.1, -0.05) is 0 Å². The molecule has 0 spiro atoms. The number of benzene rings is 1. The maximum absolute atomic E-state index is 12.7. The first kappa shape index (κ1) is 11.5. The van der Waals surface area contributed by atoms with Crippen molar-refractivity contribution in [3.8, 4) is 11.8 Å². The molecule has 1 heterocycles. The number of rotatable bonds is 4. The topological polar surface area (TPSA) is 47.0 Å². The van der Waals surface area contributed by atoms with Crippen LogP contribution in [0.15, 0.2) is 36.7 Å². The van der Waals surface area contributed by atoms with E-state index >= 15 is 0 Å². The molecule has 17 heavy (non-hydrogen) atoms. The number of aromatic nitrogens is 2. The summed E-state index contributed by atoms with van der Waals surface area (Å²) in [6, 6.07) is 5.95. The van der Waals surface area contributed by atoms with Crippen LogP contribution < -0.4 is 10.1 Å². The summed E-state index contributed by atoms with van der Waals surface area (Å²) in [6.07, 6.45) is 3.37. The highest BCUT2D eigenvalue weighted by atomic mass is 19.1. The molecule has 1 N–H and O–H groups in total. The smallest absolute Gasteiger partial charge is 0.321 e. The van der Waals surface area contributed by atoms with E-state index in [9.17, 15) is 4.39 Å². The van der Waals surface area contributed by atoms with Crippen molar-refractivity contribution >= 4 is 0 Å². The second-order valence-electron chi connectivity index (χ2n) is 3.46. The maximum Gasteiger partial charge on any atom is 0.321 e. The zero-order valence-electron chi connectivity index (χ0n) is 9.35. The van der Waals surface area contributed by atoms with Crippen LogP contribution in [0, 0.1) is 5.82 Å². The molecule has 4 nitrogen and oxygen atoms in total. The Kier molecular flexibility index (Phi) is 3.62. The Labute approximate surface area is 98.5 Å². The van der Waals surface area contributed by atoms with Crippen LogP contribution in [0.2, 0.25) is 0 Å². The van der Waals surface area contributed by atoms with Crippen molar-refractivity contribution in [1.82, 2.24) is 15.3 Å². The summed E-state index contributed by atoms with van der Waals surface area (Å²) in [4.78, 5) is 8.10. The third-order valence-corrected chi connectivity index (χ3v) is 2.09. The Morgan fingerprint density at radius 2 is 1.82 bits per heavy atom. The molecule has 0 unspecified atom stereocenters. The van der Waals surface area contributed by atoms with Gasteiger partial charge in [0.15, 0.2) is 0 Å². The van der Waals surface area contributed by atoms with Crippen molar-refractivity contribution in [1.29, 1.82) is 0 Å². The molecule has 1 aromatic carbocycles. The molecule has 0 atom stereocenters. The summed E-state index contributed by atoms with van der Waals surface area (Å²) < 4.78 is 18.0. The maximum atomic E-state index is 12.7. The minimum atomic E-state index is -0.303. The van der Waals surface area contributed by atoms with Gasteiger partial charge in [0, 0.05) is 24.5 Å². The molecule has 0 aliphatic rings. The van der Waals surface area contributed by atoms with E-state index in [-0.39, 0.29) is 11.8 Å². The Morgan fingerprint density at radius 1 is 1.18 bits per heavy atom. The lowest BCUT2D eigenvalue weighted by atomic mass is 10.3. The third-order valence-electron chi connectivity index (χ3n) is 2.09. The van der Waals surface area contributed by atoms with Crippen molar-refractivity contribution in [3.05, 3.63) is 48.0 Å². The van der Waals surface area contributed by atoms with Gasteiger partial charge >= 0.3 is 6.01 Å². The molecule has 5 heteroatoms. The standard InChI is InChI=1S/C12H12FN3O/c1-14-6-9-7-15-12(16-8-9)17-11-4-2-10(13)3-5-11/h2-5,7-8,14H,6H2,1H3. The summed E-state index contributed by atoms with van der Waals surface area (Å²) in [7, 11) is 1.85. The second kappa shape index (κ2) is 5.36. The van der Waals surface area contributed by atoms with Gasteiger partial charge < -0.3 is 10.1 Å². The van der Waals surface area contributed by atoms with E-state index < -0.39 is 0 Å². The lowest BCUT2D eigenvalue weighted by molar-refractivity contribution is 0.439. The quantitative estimate of drug-likeness (QED) is 0.878. The van der Waals surface area contributed by atoms with Gasteiger partial charge in [0.05, 0.1) is 0 Å². The van der Waals surface area contributed by atoms with Crippen LogP contribution in [0.25, 0.3) is 0 Å². The third kappa shape index (κ3) is 3.22. The van der Waals surface area contributed by atoms with E-state index in [1.165, 1.54) is 24.3 Å². The van der Waals surface area contributed by atoms with E-state index in [0.717, 1.165) is 5.56 Å². The van der Waals surface area contributed by atoms with Crippen LogP contribution in [0.5, 0.6) is 11.8 Å². The second-order valence-corrected chi connectivity index (χ2v) is 3.46. The zero-order chi connectivity index (χ0) is 12.1. The predicted octanol–water partition coefficient (Wildman–Crippen LogP) is 2.13. The number of nitrogens with zero attached hydrogens (tertiary/aromatic N) is 2. The zero-order valence-corrected chi connectivity index (χ0v) is 9.35. The first-order chi connectivity index (χ1) is 8.28. The molecule has 2 rings (SSSR count). The van der Waals surface area contributed by atoms with Crippen LogP contribution in [0.4, 0.5) is 4.39 Å². The molecular weight excluding hydrogens is 221 g/mol. The summed E-state index contributed by atoms with van der Waals surface area (Å²) >= 11 is 0. The van der Waals surface area contributed by atoms with Crippen molar-refractivity contribution in [2.75, 3.05) is 7.05 Å². The van der Waals surface area contributed by atoms with Crippen LogP contribution in [-0.4, -0.2) is 17.0 Å². The van der Waals surface area contributed by atoms with Gasteiger partial charge in [0.2, 0.25) is 0 Å². The van der Waals surface area contributed by atoms with Crippen LogP contribution in [0.3, 0.4) is 0 Å². The normalized spacial score (nSPS) is 10.2. The lowest BCUT2D eigenvalue weighted by Gasteiger charge is -2.04. The minimum absolute atomic E-state index is 0.247. The molecule has 0 aliphatic carbocycles. The van der Waals surface area contributed by atoms with E-state index in [1.54, 1.807) is 12.4 Å². The number of nitrogens with one attached hydrogen (secondary N) is 1. The van der Waals surface area contributed by atoms with Gasteiger partial charge in [-0.3, -0.25) is 0 Å². The number of ether oxygens (including phenoxy) is 1. The average Bonchev–Trinajstić information content (AvgIpc) is 2.35. The van der Waals surface area contributed by atoms with E-state index in [2.05, 4.69) is 15.3 Å². The number of hydrogen-bond donors (Lipinski definition) is 1. The van der Waals surface area contributed by atoms with Gasteiger partial charge in [0.25, 0.3) is 0 Å². The monoisotopic (exact) mass is 233 g/mol. The van der Waals surface area contributed by atoms with Crippen molar-refractivity contribution in [3.63, 3.8) is 0 Å². The highest BCUT2D eigenvalue weighted by Crippen LogP contribution is 2.17. The van der Waals surface area contributed by atoms with Crippen LogP contribution in [-0.2, 0) is 6.54 Å². The first-order valence-electron chi connectivity index (χ1n) is 5.17. The number of halogens is 1.